The van der Waals surface area contributed by atoms with Crippen molar-refractivity contribution in [2.75, 3.05) is 0 Å². The first-order chi connectivity index (χ1) is 9.40. The van der Waals surface area contributed by atoms with Gasteiger partial charge < -0.3 is 10.1 Å². The maximum atomic E-state index is 12.1. The van der Waals surface area contributed by atoms with Crippen molar-refractivity contribution in [3.05, 3.63) is 28.4 Å². The lowest BCUT2D eigenvalue weighted by Crippen LogP contribution is -2.42. The Morgan fingerprint density at radius 3 is 2.60 bits per heavy atom. The lowest BCUT2D eigenvalue weighted by molar-refractivity contribution is -0.389. The summed E-state index contributed by atoms with van der Waals surface area (Å²) in [5.41, 5.74) is 0. The number of pyridine rings is 1. The average Bonchev–Trinajstić information content (AvgIpc) is 2.41. The maximum Gasteiger partial charge on any atom is 0.363 e. The van der Waals surface area contributed by atoms with E-state index in [1.165, 1.54) is 6.07 Å². The maximum absolute atomic E-state index is 12.1. The van der Waals surface area contributed by atoms with Gasteiger partial charge in [-0.15, -0.1) is 11.6 Å². The smallest absolute Gasteiger partial charge is 0.358 e. The molecule has 110 valence electrons. The first kappa shape index (κ1) is 15.1. The van der Waals surface area contributed by atoms with Gasteiger partial charge in [-0.3, -0.25) is 0 Å². The van der Waals surface area contributed by atoms with Crippen LogP contribution in [0, 0.1) is 10.1 Å². The van der Waals surface area contributed by atoms with E-state index in [1.54, 1.807) is 0 Å². The molecule has 0 saturated heterocycles. The third kappa shape index (κ3) is 3.44. The van der Waals surface area contributed by atoms with Crippen LogP contribution in [0.15, 0.2) is 23.2 Å². The molecule has 2 rings (SSSR count). The highest BCUT2D eigenvalue weighted by atomic mass is 35.5. The fourth-order valence-electron chi connectivity index (χ4n) is 2.13. The minimum absolute atomic E-state index is 0.0995. The van der Waals surface area contributed by atoms with Crippen molar-refractivity contribution < 1.29 is 13.3 Å². The zero-order chi connectivity index (χ0) is 14.8. The van der Waals surface area contributed by atoms with Crippen LogP contribution in [0.3, 0.4) is 0 Å². The molecule has 20 heavy (non-hydrogen) atoms. The molecule has 1 saturated carbocycles. The molecule has 9 heteroatoms. The molecular formula is C11H14ClN3O4S. The quantitative estimate of drug-likeness (QED) is 0.518. The minimum Gasteiger partial charge on any atom is -0.358 e. The highest BCUT2D eigenvalue weighted by Gasteiger charge is 2.29. The van der Waals surface area contributed by atoms with Crippen LogP contribution in [0.5, 0.6) is 0 Å². The number of nitrogens with one attached hydrogen (secondary N) is 1. The van der Waals surface area contributed by atoms with E-state index in [1.807, 2.05) is 0 Å². The van der Waals surface area contributed by atoms with Crippen molar-refractivity contribution in [1.29, 1.82) is 0 Å². The summed E-state index contributed by atoms with van der Waals surface area (Å²) in [6.45, 7) is 0. The van der Waals surface area contributed by atoms with Gasteiger partial charge in [-0.25, -0.2) is 13.1 Å². The van der Waals surface area contributed by atoms with Crippen molar-refractivity contribution in [2.24, 2.45) is 0 Å². The molecule has 1 aromatic rings. The van der Waals surface area contributed by atoms with Crippen LogP contribution in [-0.4, -0.2) is 29.7 Å². The summed E-state index contributed by atoms with van der Waals surface area (Å²) in [5, 5.41) is 10.3. The molecule has 1 aliphatic rings. The molecule has 0 aromatic carbocycles. The van der Waals surface area contributed by atoms with Crippen LogP contribution in [0.4, 0.5) is 5.82 Å². The molecule has 0 amide bonds. The molecule has 1 N–H and O–H groups in total. The van der Waals surface area contributed by atoms with Crippen molar-refractivity contribution in [3.8, 4) is 0 Å². The number of aromatic nitrogens is 1. The standard InChI is InChI=1S/C11H14ClN3O4S/c12-9-3-1-2-4-10(9)14-20(18,19)8-5-6-11(13-7-8)15(16)17/h5-7,9-10,14H,1-4H2. The molecule has 1 aliphatic carbocycles. The third-order valence-electron chi connectivity index (χ3n) is 3.21. The Bertz CT molecular complexity index is 590. The summed E-state index contributed by atoms with van der Waals surface area (Å²) in [7, 11) is -3.75. The Labute approximate surface area is 121 Å². The first-order valence-electron chi connectivity index (χ1n) is 6.17. The van der Waals surface area contributed by atoms with Crippen LogP contribution >= 0.6 is 11.6 Å². The van der Waals surface area contributed by atoms with Crippen LogP contribution < -0.4 is 4.72 Å². The van der Waals surface area contributed by atoms with Gasteiger partial charge in [-0.2, -0.15) is 0 Å². The van der Waals surface area contributed by atoms with Gasteiger partial charge in [-0.1, -0.05) is 12.8 Å². The second-order valence-corrected chi connectivity index (χ2v) is 6.91. The summed E-state index contributed by atoms with van der Waals surface area (Å²) >= 11 is 6.11. The van der Waals surface area contributed by atoms with Gasteiger partial charge in [0.25, 0.3) is 0 Å². The van der Waals surface area contributed by atoms with Crippen molar-refractivity contribution in [3.63, 3.8) is 0 Å². The normalized spacial score (nSPS) is 23.4. The third-order valence-corrected chi connectivity index (χ3v) is 5.20. The topological polar surface area (TPSA) is 102 Å². The van der Waals surface area contributed by atoms with E-state index in [9.17, 15) is 18.5 Å². The Morgan fingerprint density at radius 2 is 2.05 bits per heavy atom. The van der Waals surface area contributed by atoms with Crippen molar-refractivity contribution in [2.45, 2.75) is 42.0 Å². The van der Waals surface area contributed by atoms with Crippen LogP contribution in [0.2, 0.25) is 0 Å². The van der Waals surface area contributed by atoms with Crippen LogP contribution in [-0.2, 0) is 10.0 Å². The number of sulfonamides is 1. The molecule has 1 fully saturated rings. The summed E-state index contributed by atoms with van der Waals surface area (Å²) in [5.74, 6) is -0.392. The molecule has 0 aliphatic heterocycles. The fraction of sp³-hybridized carbons (Fsp3) is 0.545. The van der Waals surface area contributed by atoms with Gasteiger partial charge in [0.2, 0.25) is 10.0 Å². The van der Waals surface area contributed by atoms with E-state index in [-0.39, 0.29) is 16.3 Å². The Kier molecular flexibility index (Phi) is 4.56. The highest BCUT2D eigenvalue weighted by molar-refractivity contribution is 7.89. The van der Waals surface area contributed by atoms with Crippen LogP contribution in [0.25, 0.3) is 0 Å². The molecule has 1 heterocycles. The van der Waals surface area contributed by atoms with Gasteiger partial charge in [0.15, 0.2) is 6.20 Å². The van der Waals surface area contributed by atoms with E-state index in [0.717, 1.165) is 31.5 Å². The van der Waals surface area contributed by atoms with E-state index in [2.05, 4.69) is 9.71 Å². The average molecular weight is 320 g/mol. The molecule has 0 bridgehead atoms. The van der Waals surface area contributed by atoms with E-state index in [4.69, 9.17) is 11.6 Å². The van der Waals surface area contributed by atoms with Crippen LogP contribution in [0.1, 0.15) is 25.7 Å². The molecule has 0 spiro atoms. The molecular weight excluding hydrogens is 306 g/mol. The van der Waals surface area contributed by atoms with Gasteiger partial charge >= 0.3 is 5.82 Å². The molecule has 0 radical (unpaired) electrons. The SMILES string of the molecule is O=[N+]([O-])c1ccc(S(=O)(=O)NC2CCCCC2Cl)cn1. The monoisotopic (exact) mass is 319 g/mol. The molecule has 1 aromatic heterocycles. The minimum atomic E-state index is -3.75. The zero-order valence-corrected chi connectivity index (χ0v) is 12.1. The first-order valence-corrected chi connectivity index (χ1v) is 8.09. The summed E-state index contributed by atoms with van der Waals surface area (Å²) in [6.07, 6.45) is 4.36. The second kappa shape index (κ2) is 6.02. The number of hydrogen-bond donors (Lipinski definition) is 1. The van der Waals surface area contributed by atoms with Crippen molar-refractivity contribution in [1.82, 2.24) is 9.71 Å². The number of rotatable bonds is 4. The summed E-state index contributed by atoms with van der Waals surface area (Å²) in [4.78, 5) is 13.2. The Morgan fingerprint density at radius 1 is 1.35 bits per heavy atom. The molecule has 2 atom stereocenters. The summed E-state index contributed by atoms with van der Waals surface area (Å²) < 4.78 is 26.8. The second-order valence-electron chi connectivity index (χ2n) is 4.64. The predicted molar refractivity (Wildman–Crippen MR) is 73.1 cm³/mol. The highest BCUT2D eigenvalue weighted by Crippen LogP contribution is 2.24. The zero-order valence-electron chi connectivity index (χ0n) is 10.5. The Hall–Kier alpha value is -1.25. The van der Waals surface area contributed by atoms with E-state index in [0.29, 0.717) is 6.42 Å². The number of nitrogens with zero attached hydrogens (tertiary/aromatic N) is 2. The summed E-state index contributed by atoms with van der Waals surface area (Å²) in [6, 6.07) is 1.92. The van der Waals surface area contributed by atoms with Gasteiger partial charge in [-0.05, 0) is 28.8 Å². The fourth-order valence-corrected chi connectivity index (χ4v) is 3.80. The van der Waals surface area contributed by atoms with E-state index >= 15 is 0 Å². The van der Waals surface area contributed by atoms with E-state index < -0.39 is 20.8 Å². The predicted octanol–water partition coefficient (Wildman–Crippen LogP) is 1.82. The Balaban J connectivity index is 2.15. The number of hydrogen-bond acceptors (Lipinski definition) is 5. The lowest BCUT2D eigenvalue weighted by Gasteiger charge is -2.27. The lowest BCUT2D eigenvalue weighted by atomic mass is 9.96. The van der Waals surface area contributed by atoms with Crippen molar-refractivity contribution >= 4 is 27.4 Å². The molecule has 2 unspecified atom stereocenters. The van der Waals surface area contributed by atoms with Gasteiger partial charge in [0.05, 0.1) is 0 Å². The number of alkyl halides is 1. The molecule has 7 nitrogen and oxygen atoms in total. The number of halogens is 1. The van der Waals surface area contributed by atoms with Gasteiger partial charge in [0.1, 0.15) is 4.90 Å². The largest absolute Gasteiger partial charge is 0.363 e. The van der Waals surface area contributed by atoms with Gasteiger partial charge in [0, 0.05) is 17.5 Å². The number of nitro groups is 1.